The van der Waals surface area contributed by atoms with Crippen LogP contribution >= 0.6 is 0 Å². The number of anilines is 1. The maximum atomic E-state index is 13.4. The first-order valence-electron chi connectivity index (χ1n) is 9.62. The number of nitrogens with zero attached hydrogens (tertiary/aromatic N) is 2. The summed E-state index contributed by atoms with van der Waals surface area (Å²) in [5.41, 5.74) is 2.27. The van der Waals surface area contributed by atoms with E-state index < -0.39 is 18.5 Å². The molecule has 1 aliphatic rings. The van der Waals surface area contributed by atoms with Gasteiger partial charge in [-0.25, -0.2) is 18.6 Å². The van der Waals surface area contributed by atoms with E-state index in [4.69, 9.17) is 0 Å². The fraction of sp³-hybridized carbons (Fsp3) is 0.130. The fourth-order valence-electron chi connectivity index (χ4n) is 3.37. The lowest BCUT2D eigenvalue weighted by Crippen LogP contribution is -2.30. The Balaban J connectivity index is 1.56. The first-order chi connectivity index (χ1) is 15.4. The number of alkyl halides is 2. The van der Waals surface area contributed by atoms with Crippen molar-refractivity contribution in [2.45, 2.75) is 12.5 Å². The summed E-state index contributed by atoms with van der Waals surface area (Å²) in [5.74, 6) is -1.18. The summed E-state index contributed by atoms with van der Waals surface area (Å²) in [6.07, 6.45) is 0. The van der Waals surface area contributed by atoms with Crippen LogP contribution in [0, 0.1) is 11.6 Å². The van der Waals surface area contributed by atoms with Crippen molar-refractivity contribution in [1.82, 2.24) is 5.01 Å². The van der Waals surface area contributed by atoms with Crippen LogP contribution in [0.1, 0.15) is 17.0 Å². The standard InChI is InChI=1S/C23H17F4N3O2/c24-16-5-1-14(2-6-16)20-13-30(29-21(20)15-3-7-17(25)8-4-15)23(31)28-18-9-11-19(12-10-18)32-22(26)27/h1-12,20,22H,13H2,(H,28,31). The molecule has 4 rings (SSSR count). The van der Waals surface area contributed by atoms with E-state index in [0.29, 0.717) is 17.0 Å². The average Bonchev–Trinajstić information content (AvgIpc) is 3.21. The Bertz CT molecular complexity index is 1120. The Kier molecular flexibility index (Phi) is 6.07. The van der Waals surface area contributed by atoms with Crippen molar-refractivity contribution in [1.29, 1.82) is 0 Å². The quantitative estimate of drug-likeness (QED) is 0.522. The SMILES string of the molecule is O=C(Nc1ccc(OC(F)F)cc1)N1CC(c2ccc(F)cc2)C(c2ccc(F)cc2)=N1. The summed E-state index contributed by atoms with van der Waals surface area (Å²) in [5, 5.41) is 8.28. The smallest absolute Gasteiger partial charge is 0.387 e. The van der Waals surface area contributed by atoms with Crippen molar-refractivity contribution >= 4 is 17.4 Å². The van der Waals surface area contributed by atoms with Gasteiger partial charge in [0, 0.05) is 11.6 Å². The molecule has 0 saturated heterocycles. The maximum Gasteiger partial charge on any atom is 0.387 e. The summed E-state index contributed by atoms with van der Waals surface area (Å²) in [6.45, 7) is -2.76. The molecule has 2 amide bonds. The van der Waals surface area contributed by atoms with Crippen molar-refractivity contribution in [2.24, 2.45) is 5.10 Å². The summed E-state index contributed by atoms with van der Waals surface area (Å²) in [7, 11) is 0. The third-order valence-electron chi connectivity index (χ3n) is 4.89. The van der Waals surface area contributed by atoms with E-state index in [1.54, 1.807) is 24.3 Å². The van der Waals surface area contributed by atoms with Crippen LogP contribution < -0.4 is 10.1 Å². The van der Waals surface area contributed by atoms with Gasteiger partial charge in [-0.2, -0.15) is 13.9 Å². The molecule has 0 aromatic heterocycles. The maximum absolute atomic E-state index is 13.4. The van der Waals surface area contributed by atoms with Crippen LogP contribution in [0.3, 0.4) is 0 Å². The highest BCUT2D eigenvalue weighted by molar-refractivity contribution is 6.07. The van der Waals surface area contributed by atoms with Gasteiger partial charge in [0.1, 0.15) is 17.4 Å². The molecule has 1 N–H and O–H groups in total. The lowest BCUT2D eigenvalue weighted by molar-refractivity contribution is -0.0498. The minimum absolute atomic E-state index is 0.0350. The van der Waals surface area contributed by atoms with Crippen LogP contribution in [0.5, 0.6) is 5.75 Å². The van der Waals surface area contributed by atoms with Crippen LogP contribution in [-0.2, 0) is 0 Å². The number of carbonyl (C=O) groups is 1. The molecule has 1 unspecified atom stereocenters. The van der Waals surface area contributed by atoms with Gasteiger partial charge < -0.3 is 10.1 Å². The number of rotatable bonds is 5. The van der Waals surface area contributed by atoms with Crippen LogP contribution in [-0.4, -0.2) is 29.9 Å². The molecule has 0 aliphatic carbocycles. The first kappa shape index (κ1) is 21.4. The van der Waals surface area contributed by atoms with Crippen molar-refractivity contribution in [2.75, 3.05) is 11.9 Å². The summed E-state index contributed by atoms with van der Waals surface area (Å²) in [6, 6.07) is 16.5. The van der Waals surface area contributed by atoms with E-state index in [1.807, 2.05) is 0 Å². The number of urea groups is 1. The molecule has 1 atom stereocenters. The minimum atomic E-state index is -2.94. The highest BCUT2D eigenvalue weighted by Gasteiger charge is 2.32. The van der Waals surface area contributed by atoms with Gasteiger partial charge in [0.05, 0.1) is 12.3 Å². The van der Waals surface area contributed by atoms with Crippen molar-refractivity contribution in [3.63, 3.8) is 0 Å². The van der Waals surface area contributed by atoms with E-state index in [2.05, 4.69) is 15.2 Å². The second-order valence-corrected chi connectivity index (χ2v) is 7.01. The van der Waals surface area contributed by atoms with Gasteiger partial charge >= 0.3 is 12.6 Å². The Morgan fingerprint density at radius 1 is 0.938 bits per heavy atom. The van der Waals surface area contributed by atoms with Crippen LogP contribution in [0.4, 0.5) is 28.0 Å². The largest absolute Gasteiger partial charge is 0.435 e. The van der Waals surface area contributed by atoms with E-state index in [0.717, 1.165) is 5.56 Å². The lowest BCUT2D eigenvalue weighted by Gasteiger charge is -2.16. The number of hydrogen-bond acceptors (Lipinski definition) is 3. The number of amides is 2. The number of hydrazone groups is 1. The topological polar surface area (TPSA) is 53.9 Å². The number of hydrogen-bond donors (Lipinski definition) is 1. The van der Waals surface area contributed by atoms with E-state index in [-0.39, 0.29) is 24.0 Å². The molecular formula is C23H17F4N3O2. The summed E-state index contributed by atoms with van der Waals surface area (Å²) >= 11 is 0. The van der Waals surface area contributed by atoms with Gasteiger partial charge in [-0.15, -0.1) is 0 Å². The minimum Gasteiger partial charge on any atom is -0.435 e. The number of halogens is 4. The van der Waals surface area contributed by atoms with Gasteiger partial charge in [0.25, 0.3) is 0 Å². The van der Waals surface area contributed by atoms with E-state index in [9.17, 15) is 22.4 Å². The summed E-state index contributed by atoms with van der Waals surface area (Å²) in [4.78, 5) is 12.8. The molecule has 32 heavy (non-hydrogen) atoms. The third kappa shape index (κ3) is 4.88. The Labute approximate surface area is 180 Å². The Morgan fingerprint density at radius 3 is 2.12 bits per heavy atom. The zero-order valence-electron chi connectivity index (χ0n) is 16.5. The van der Waals surface area contributed by atoms with Gasteiger partial charge in [-0.3, -0.25) is 0 Å². The Hall–Kier alpha value is -3.88. The summed E-state index contributed by atoms with van der Waals surface area (Å²) < 4.78 is 55.6. The van der Waals surface area contributed by atoms with Gasteiger partial charge in [0.2, 0.25) is 0 Å². The predicted molar refractivity (Wildman–Crippen MR) is 111 cm³/mol. The molecule has 9 heteroatoms. The van der Waals surface area contributed by atoms with Gasteiger partial charge in [-0.1, -0.05) is 24.3 Å². The fourth-order valence-corrected chi connectivity index (χ4v) is 3.37. The molecule has 1 aliphatic heterocycles. The highest BCUT2D eigenvalue weighted by Crippen LogP contribution is 2.30. The third-order valence-corrected chi connectivity index (χ3v) is 4.89. The number of ether oxygens (including phenoxy) is 1. The molecule has 0 fully saturated rings. The molecule has 0 radical (unpaired) electrons. The molecule has 0 spiro atoms. The number of nitrogens with one attached hydrogen (secondary N) is 1. The van der Waals surface area contributed by atoms with Crippen molar-refractivity contribution in [3.05, 3.63) is 95.6 Å². The molecule has 164 valence electrons. The first-order valence-corrected chi connectivity index (χ1v) is 9.62. The second kappa shape index (κ2) is 9.09. The zero-order valence-corrected chi connectivity index (χ0v) is 16.5. The Morgan fingerprint density at radius 2 is 1.53 bits per heavy atom. The van der Waals surface area contributed by atoms with Gasteiger partial charge in [0.15, 0.2) is 0 Å². The van der Waals surface area contributed by atoms with E-state index >= 15 is 0 Å². The van der Waals surface area contributed by atoms with Crippen LogP contribution in [0.25, 0.3) is 0 Å². The molecule has 1 heterocycles. The molecule has 0 saturated carbocycles. The number of carbonyl (C=O) groups excluding carboxylic acids is 1. The monoisotopic (exact) mass is 443 g/mol. The van der Waals surface area contributed by atoms with Crippen molar-refractivity contribution in [3.8, 4) is 5.75 Å². The molecule has 3 aromatic rings. The van der Waals surface area contributed by atoms with Crippen molar-refractivity contribution < 1.29 is 27.1 Å². The zero-order chi connectivity index (χ0) is 22.7. The predicted octanol–water partition coefficient (Wildman–Crippen LogP) is 5.60. The number of benzene rings is 3. The van der Waals surface area contributed by atoms with E-state index in [1.165, 1.54) is 53.5 Å². The second-order valence-electron chi connectivity index (χ2n) is 7.01. The highest BCUT2D eigenvalue weighted by atomic mass is 19.3. The molecule has 3 aromatic carbocycles. The van der Waals surface area contributed by atoms with Crippen LogP contribution in [0.15, 0.2) is 77.9 Å². The molecule has 5 nitrogen and oxygen atoms in total. The van der Waals surface area contributed by atoms with Crippen LogP contribution in [0.2, 0.25) is 0 Å². The molecule has 0 bridgehead atoms. The van der Waals surface area contributed by atoms with Gasteiger partial charge in [-0.05, 0) is 59.7 Å². The normalized spacial score (nSPS) is 15.6. The molecular weight excluding hydrogens is 426 g/mol. The lowest BCUT2D eigenvalue weighted by atomic mass is 9.90. The average molecular weight is 443 g/mol.